The van der Waals surface area contributed by atoms with Crippen molar-refractivity contribution in [2.45, 2.75) is 13.5 Å². The summed E-state index contributed by atoms with van der Waals surface area (Å²) in [6.45, 7) is 4.22. The van der Waals surface area contributed by atoms with Crippen LogP contribution in [-0.2, 0) is 6.54 Å². The Labute approximate surface area is 147 Å². The molecular weight excluding hydrogens is 318 g/mol. The molecule has 0 aromatic heterocycles. The summed E-state index contributed by atoms with van der Waals surface area (Å²) in [6, 6.07) is 13.9. The van der Waals surface area contributed by atoms with Crippen LogP contribution in [0.25, 0.3) is 0 Å². The van der Waals surface area contributed by atoms with E-state index >= 15 is 0 Å². The predicted octanol–water partition coefficient (Wildman–Crippen LogP) is 2.47. The highest BCUT2D eigenvalue weighted by molar-refractivity contribution is 5.79. The molecule has 0 bridgehead atoms. The van der Waals surface area contributed by atoms with Crippen molar-refractivity contribution in [2.75, 3.05) is 27.0 Å². The molecule has 0 radical (unpaired) electrons. The predicted molar refractivity (Wildman–Crippen MR) is 97.4 cm³/mol. The van der Waals surface area contributed by atoms with Crippen molar-refractivity contribution in [2.24, 2.45) is 4.99 Å². The molecule has 2 N–H and O–H groups in total. The van der Waals surface area contributed by atoms with E-state index in [1.807, 2.05) is 42.5 Å². The molecular formula is C19H23N3O3. The molecule has 132 valence electrons. The largest absolute Gasteiger partial charge is 0.492 e. The number of hydrogen-bond acceptors (Lipinski definition) is 4. The van der Waals surface area contributed by atoms with Crippen LogP contribution < -0.4 is 24.8 Å². The monoisotopic (exact) mass is 341 g/mol. The average Bonchev–Trinajstić information content (AvgIpc) is 3.10. The Hall–Kier alpha value is -2.89. The van der Waals surface area contributed by atoms with Crippen LogP contribution in [0.4, 0.5) is 0 Å². The van der Waals surface area contributed by atoms with E-state index in [2.05, 4.69) is 22.5 Å². The van der Waals surface area contributed by atoms with Crippen molar-refractivity contribution in [3.8, 4) is 17.2 Å². The number of guanidine groups is 1. The van der Waals surface area contributed by atoms with E-state index in [0.29, 0.717) is 19.7 Å². The molecule has 6 heteroatoms. The second kappa shape index (κ2) is 8.28. The van der Waals surface area contributed by atoms with Crippen molar-refractivity contribution in [3.05, 3.63) is 53.6 Å². The molecule has 1 heterocycles. The van der Waals surface area contributed by atoms with Gasteiger partial charge in [0.25, 0.3) is 0 Å². The third kappa shape index (κ3) is 4.79. The molecule has 0 saturated carbocycles. The van der Waals surface area contributed by atoms with Gasteiger partial charge in [-0.1, -0.05) is 23.8 Å². The van der Waals surface area contributed by atoms with Gasteiger partial charge in [-0.15, -0.1) is 0 Å². The number of benzene rings is 2. The maximum absolute atomic E-state index is 5.69. The van der Waals surface area contributed by atoms with Crippen LogP contribution in [-0.4, -0.2) is 33.0 Å². The molecule has 0 aliphatic carbocycles. The highest BCUT2D eigenvalue weighted by atomic mass is 16.7. The van der Waals surface area contributed by atoms with Gasteiger partial charge in [-0.3, -0.25) is 4.99 Å². The molecule has 3 rings (SSSR count). The number of fused-ring (bicyclic) bond motifs is 1. The fourth-order valence-corrected chi connectivity index (χ4v) is 2.43. The van der Waals surface area contributed by atoms with Crippen LogP contribution in [0.3, 0.4) is 0 Å². The van der Waals surface area contributed by atoms with E-state index < -0.39 is 0 Å². The van der Waals surface area contributed by atoms with Crippen molar-refractivity contribution >= 4 is 5.96 Å². The first-order valence-electron chi connectivity index (χ1n) is 8.27. The first-order valence-corrected chi connectivity index (χ1v) is 8.27. The van der Waals surface area contributed by atoms with Gasteiger partial charge in [0, 0.05) is 13.6 Å². The summed E-state index contributed by atoms with van der Waals surface area (Å²) >= 11 is 0. The van der Waals surface area contributed by atoms with Crippen LogP contribution in [0.1, 0.15) is 11.1 Å². The first-order chi connectivity index (χ1) is 12.2. The minimum atomic E-state index is 0.288. The number of nitrogens with one attached hydrogen (secondary N) is 2. The summed E-state index contributed by atoms with van der Waals surface area (Å²) in [5.41, 5.74) is 2.32. The quantitative estimate of drug-likeness (QED) is 0.480. The maximum Gasteiger partial charge on any atom is 0.231 e. The lowest BCUT2D eigenvalue weighted by molar-refractivity contribution is 0.174. The lowest BCUT2D eigenvalue weighted by atomic mass is 10.2. The Bertz CT molecular complexity index is 729. The Morgan fingerprint density at radius 3 is 2.68 bits per heavy atom. The summed E-state index contributed by atoms with van der Waals surface area (Å²) in [7, 11) is 1.75. The van der Waals surface area contributed by atoms with Gasteiger partial charge >= 0.3 is 0 Å². The van der Waals surface area contributed by atoms with Crippen LogP contribution >= 0.6 is 0 Å². The van der Waals surface area contributed by atoms with Crippen LogP contribution in [0.2, 0.25) is 0 Å². The Morgan fingerprint density at radius 2 is 1.88 bits per heavy atom. The van der Waals surface area contributed by atoms with E-state index in [1.165, 1.54) is 5.56 Å². The molecule has 1 aliphatic rings. The van der Waals surface area contributed by atoms with Crippen LogP contribution in [0.15, 0.2) is 47.5 Å². The number of nitrogens with zero attached hydrogens (tertiary/aromatic N) is 1. The SMILES string of the molecule is CN=C(NCCOc1ccc(C)cc1)NCc1ccc2c(c1)OCO2. The molecule has 0 atom stereocenters. The van der Waals surface area contributed by atoms with Gasteiger partial charge in [0.05, 0.1) is 6.54 Å². The minimum absolute atomic E-state index is 0.288. The zero-order chi connectivity index (χ0) is 17.5. The lowest BCUT2D eigenvalue weighted by Gasteiger charge is -2.13. The van der Waals surface area contributed by atoms with E-state index in [4.69, 9.17) is 14.2 Å². The van der Waals surface area contributed by atoms with E-state index in [1.54, 1.807) is 7.05 Å². The topological polar surface area (TPSA) is 64.1 Å². The molecule has 0 amide bonds. The first kappa shape index (κ1) is 17.0. The highest BCUT2D eigenvalue weighted by Gasteiger charge is 2.13. The summed E-state index contributed by atoms with van der Waals surface area (Å²) in [5.74, 6) is 3.18. The van der Waals surface area contributed by atoms with Gasteiger partial charge in [0.15, 0.2) is 17.5 Å². The molecule has 0 spiro atoms. The van der Waals surface area contributed by atoms with Crippen molar-refractivity contribution < 1.29 is 14.2 Å². The average molecular weight is 341 g/mol. The van der Waals surface area contributed by atoms with Gasteiger partial charge < -0.3 is 24.8 Å². The molecule has 1 aliphatic heterocycles. The molecule has 0 saturated heterocycles. The number of rotatable bonds is 6. The molecule has 2 aromatic carbocycles. The molecule has 0 unspecified atom stereocenters. The second-order valence-electron chi connectivity index (χ2n) is 5.70. The standard InChI is InChI=1S/C19H23N3O3/c1-14-3-6-16(7-4-14)23-10-9-21-19(20-2)22-12-15-5-8-17-18(11-15)25-13-24-17/h3-8,11H,9-10,12-13H2,1-2H3,(H2,20,21,22). The van der Waals surface area contributed by atoms with Gasteiger partial charge in [-0.05, 0) is 36.8 Å². The third-order valence-corrected chi connectivity index (χ3v) is 3.80. The van der Waals surface area contributed by atoms with E-state index in [-0.39, 0.29) is 6.79 Å². The zero-order valence-electron chi connectivity index (χ0n) is 14.5. The molecule has 25 heavy (non-hydrogen) atoms. The van der Waals surface area contributed by atoms with Crippen LogP contribution in [0, 0.1) is 6.92 Å². The van der Waals surface area contributed by atoms with Crippen molar-refractivity contribution in [1.82, 2.24) is 10.6 Å². The number of aryl methyl sites for hydroxylation is 1. The fourth-order valence-electron chi connectivity index (χ4n) is 2.43. The fraction of sp³-hybridized carbons (Fsp3) is 0.316. The molecule has 2 aromatic rings. The number of ether oxygens (including phenoxy) is 3. The van der Waals surface area contributed by atoms with Crippen molar-refractivity contribution in [1.29, 1.82) is 0 Å². The van der Waals surface area contributed by atoms with E-state index in [0.717, 1.165) is 28.8 Å². The second-order valence-corrected chi connectivity index (χ2v) is 5.70. The third-order valence-electron chi connectivity index (χ3n) is 3.80. The minimum Gasteiger partial charge on any atom is -0.492 e. The highest BCUT2D eigenvalue weighted by Crippen LogP contribution is 2.32. The normalized spacial score (nSPS) is 12.8. The van der Waals surface area contributed by atoms with Crippen molar-refractivity contribution in [3.63, 3.8) is 0 Å². The number of hydrogen-bond donors (Lipinski definition) is 2. The summed E-state index contributed by atoms with van der Waals surface area (Å²) in [5, 5.41) is 6.50. The van der Waals surface area contributed by atoms with Gasteiger partial charge in [-0.2, -0.15) is 0 Å². The molecule has 0 fully saturated rings. The summed E-state index contributed by atoms with van der Waals surface area (Å²) in [4.78, 5) is 4.21. The lowest BCUT2D eigenvalue weighted by Crippen LogP contribution is -2.38. The van der Waals surface area contributed by atoms with E-state index in [9.17, 15) is 0 Å². The van der Waals surface area contributed by atoms with Gasteiger partial charge in [-0.25, -0.2) is 0 Å². The summed E-state index contributed by atoms with van der Waals surface area (Å²) in [6.07, 6.45) is 0. The zero-order valence-corrected chi connectivity index (χ0v) is 14.5. The maximum atomic E-state index is 5.69. The number of aliphatic imine (C=N–C) groups is 1. The Balaban J connectivity index is 1.40. The van der Waals surface area contributed by atoms with Gasteiger partial charge in [0.2, 0.25) is 6.79 Å². The van der Waals surface area contributed by atoms with Crippen LogP contribution in [0.5, 0.6) is 17.2 Å². The Morgan fingerprint density at radius 1 is 1.08 bits per heavy atom. The Kier molecular flexibility index (Phi) is 5.61. The smallest absolute Gasteiger partial charge is 0.231 e. The summed E-state index contributed by atoms with van der Waals surface area (Å²) < 4.78 is 16.4. The van der Waals surface area contributed by atoms with Gasteiger partial charge in [0.1, 0.15) is 12.4 Å². The molecule has 6 nitrogen and oxygen atoms in total.